The number of pyridine rings is 1. The van der Waals surface area contributed by atoms with Gasteiger partial charge in [0.1, 0.15) is 5.82 Å². The van der Waals surface area contributed by atoms with Crippen molar-refractivity contribution >= 4 is 17.2 Å². The molecule has 3 N–H and O–H groups in total. The molecule has 0 unspecified atom stereocenters. The van der Waals surface area contributed by atoms with Gasteiger partial charge in [-0.3, -0.25) is 0 Å². The highest BCUT2D eigenvalue weighted by Crippen LogP contribution is 2.10. The van der Waals surface area contributed by atoms with Crippen LogP contribution in [0.15, 0.2) is 23.8 Å². The van der Waals surface area contributed by atoms with Gasteiger partial charge in [-0.05, 0) is 19.1 Å². The SMILES string of the molecule is Cc1ccc(C[n+]2csc(CO)c2)c(N)n1. The maximum Gasteiger partial charge on any atom is 0.225 e. The molecule has 2 aromatic heterocycles. The summed E-state index contributed by atoms with van der Waals surface area (Å²) >= 11 is 1.53. The van der Waals surface area contributed by atoms with Crippen molar-refractivity contribution in [2.75, 3.05) is 5.73 Å². The van der Waals surface area contributed by atoms with E-state index in [1.54, 1.807) is 0 Å². The summed E-state index contributed by atoms with van der Waals surface area (Å²) in [5.41, 5.74) is 9.72. The number of nitrogen functional groups attached to an aromatic ring is 1. The molecule has 0 aliphatic carbocycles. The smallest absolute Gasteiger partial charge is 0.225 e. The van der Waals surface area contributed by atoms with Gasteiger partial charge in [-0.25, -0.2) is 4.98 Å². The van der Waals surface area contributed by atoms with E-state index in [4.69, 9.17) is 10.8 Å². The van der Waals surface area contributed by atoms with E-state index in [9.17, 15) is 0 Å². The van der Waals surface area contributed by atoms with E-state index >= 15 is 0 Å². The zero-order valence-corrected chi connectivity index (χ0v) is 9.87. The number of aryl methyl sites for hydroxylation is 1. The zero-order chi connectivity index (χ0) is 11.5. The second-order valence-electron chi connectivity index (χ2n) is 3.65. The minimum atomic E-state index is 0.0826. The molecule has 0 fully saturated rings. The molecule has 16 heavy (non-hydrogen) atoms. The molecule has 2 heterocycles. The first-order chi connectivity index (χ1) is 7.69. The molecule has 0 amide bonds. The van der Waals surface area contributed by atoms with Crippen LogP contribution in [0.3, 0.4) is 0 Å². The fourth-order valence-electron chi connectivity index (χ4n) is 1.48. The maximum atomic E-state index is 8.97. The molecule has 84 valence electrons. The zero-order valence-electron chi connectivity index (χ0n) is 9.05. The van der Waals surface area contributed by atoms with Crippen LogP contribution in [0, 0.1) is 6.92 Å². The number of aliphatic hydroxyl groups excluding tert-OH is 1. The number of nitrogens with two attached hydrogens (primary N) is 1. The van der Waals surface area contributed by atoms with Gasteiger partial charge in [-0.2, -0.15) is 4.57 Å². The van der Waals surface area contributed by atoms with E-state index in [0.29, 0.717) is 12.4 Å². The number of aromatic nitrogens is 2. The van der Waals surface area contributed by atoms with Crippen molar-refractivity contribution in [1.82, 2.24) is 4.98 Å². The average molecular weight is 236 g/mol. The molecule has 0 aliphatic heterocycles. The van der Waals surface area contributed by atoms with Crippen LogP contribution in [0.5, 0.6) is 0 Å². The van der Waals surface area contributed by atoms with Gasteiger partial charge in [0.2, 0.25) is 5.51 Å². The summed E-state index contributed by atoms with van der Waals surface area (Å²) in [4.78, 5) is 5.16. The molecule has 5 heteroatoms. The highest BCUT2D eigenvalue weighted by molar-refractivity contribution is 7.09. The minimum absolute atomic E-state index is 0.0826. The monoisotopic (exact) mass is 236 g/mol. The van der Waals surface area contributed by atoms with Crippen molar-refractivity contribution in [1.29, 1.82) is 0 Å². The van der Waals surface area contributed by atoms with E-state index in [-0.39, 0.29) is 6.61 Å². The summed E-state index contributed by atoms with van der Waals surface area (Å²) in [7, 11) is 0. The minimum Gasteiger partial charge on any atom is -0.391 e. The van der Waals surface area contributed by atoms with Gasteiger partial charge in [-0.15, -0.1) is 0 Å². The molecular formula is C11H14N3OS+. The predicted octanol–water partition coefficient (Wildman–Crippen LogP) is 0.862. The second-order valence-corrected chi connectivity index (χ2v) is 4.62. The van der Waals surface area contributed by atoms with Gasteiger partial charge in [0.25, 0.3) is 0 Å². The first-order valence-electron chi connectivity index (χ1n) is 4.98. The Morgan fingerprint density at radius 3 is 2.94 bits per heavy atom. The number of aliphatic hydroxyl groups is 1. The maximum absolute atomic E-state index is 8.97. The Morgan fingerprint density at radius 1 is 1.50 bits per heavy atom. The Kier molecular flexibility index (Phi) is 3.17. The van der Waals surface area contributed by atoms with Gasteiger partial charge in [0, 0.05) is 5.69 Å². The van der Waals surface area contributed by atoms with Crippen LogP contribution in [-0.2, 0) is 13.2 Å². The molecule has 4 nitrogen and oxygen atoms in total. The Balaban J connectivity index is 2.20. The van der Waals surface area contributed by atoms with Crippen molar-refractivity contribution in [2.24, 2.45) is 0 Å². The van der Waals surface area contributed by atoms with Gasteiger partial charge >= 0.3 is 0 Å². The molecule has 0 spiro atoms. The lowest BCUT2D eigenvalue weighted by Gasteiger charge is -2.01. The van der Waals surface area contributed by atoms with Crippen LogP contribution in [0.2, 0.25) is 0 Å². The lowest BCUT2D eigenvalue weighted by Crippen LogP contribution is -2.31. The van der Waals surface area contributed by atoms with Crippen molar-refractivity contribution < 1.29 is 9.67 Å². The lowest BCUT2D eigenvalue weighted by atomic mass is 10.2. The Morgan fingerprint density at radius 2 is 2.31 bits per heavy atom. The number of thiazole rings is 1. The highest BCUT2D eigenvalue weighted by Gasteiger charge is 2.10. The number of rotatable bonds is 3. The number of anilines is 1. The molecule has 0 aromatic carbocycles. The van der Waals surface area contributed by atoms with Crippen molar-refractivity contribution in [3.05, 3.63) is 40.0 Å². The quantitative estimate of drug-likeness (QED) is 0.777. The number of nitrogens with zero attached hydrogens (tertiary/aromatic N) is 2. The predicted molar refractivity (Wildman–Crippen MR) is 62.9 cm³/mol. The molecular weight excluding hydrogens is 222 g/mol. The van der Waals surface area contributed by atoms with Gasteiger partial charge in [-0.1, -0.05) is 11.3 Å². The summed E-state index contributed by atoms with van der Waals surface area (Å²) < 4.78 is 2.00. The van der Waals surface area contributed by atoms with Crippen LogP contribution in [0.25, 0.3) is 0 Å². The number of hydrogen-bond donors (Lipinski definition) is 2. The molecule has 0 bridgehead atoms. The van der Waals surface area contributed by atoms with Crippen LogP contribution in [0.4, 0.5) is 5.82 Å². The fourth-order valence-corrected chi connectivity index (χ4v) is 2.16. The Hall–Kier alpha value is -1.46. The van der Waals surface area contributed by atoms with E-state index in [2.05, 4.69) is 4.98 Å². The molecule has 2 rings (SSSR count). The van der Waals surface area contributed by atoms with Crippen molar-refractivity contribution in [3.63, 3.8) is 0 Å². The first-order valence-corrected chi connectivity index (χ1v) is 5.86. The molecule has 0 aliphatic rings. The van der Waals surface area contributed by atoms with Crippen molar-refractivity contribution in [2.45, 2.75) is 20.1 Å². The standard InChI is InChI=1S/C11H14N3OS/c1-8-2-3-9(11(12)13-8)4-14-5-10(6-15)16-7-14/h2-3,5,7,15H,4,6H2,1H3,(H2,12,13)/q+1. The van der Waals surface area contributed by atoms with Crippen LogP contribution < -0.4 is 10.3 Å². The van der Waals surface area contributed by atoms with Gasteiger partial charge in [0.05, 0.1) is 17.0 Å². The molecule has 0 radical (unpaired) electrons. The molecule has 2 aromatic rings. The summed E-state index contributed by atoms with van der Waals surface area (Å²) in [6.45, 7) is 2.69. The van der Waals surface area contributed by atoms with E-state index in [1.807, 2.05) is 35.3 Å². The number of hydrogen-bond acceptors (Lipinski definition) is 4. The van der Waals surface area contributed by atoms with Gasteiger partial charge < -0.3 is 10.8 Å². The van der Waals surface area contributed by atoms with Crippen molar-refractivity contribution in [3.8, 4) is 0 Å². The summed E-state index contributed by atoms with van der Waals surface area (Å²) in [5.74, 6) is 0.573. The summed E-state index contributed by atoms with van der Waals surface area (Å²) in [6, 6.07) is 3.94. The average Bonchev–Trinajstić information content (AvgIpc) is 2.70. The van der Waals surface area contributed by atoms with Crippen LogP contribution >= 0.6 is 11.3 Å². The fraction of sp³-hybridized carbons (Fsp3) is 0.273. The Bertz CT molecular complexity index is 496. The largest absolute Gasteiger partial charge is 0.391 e. The van der Waals surface area contributed by atoms with Crippen LogP contribution in [-0.4, -0.2) is 10.1 Å². The van der Waals surface area contributed by atoms with E-state index in [0.717, 1.165) is 16.1 Å². The summed E-state index contributed by atoms with van der Waals surface area (Å²) in [5, 5.41) is 8.97. The Labute approximate surface area is 98.0 Å². The van der Waals surface area contributed by atoms with E-state index in [1.165, 1.54) is 11.3 Å². The molecule has 0 saturated heterocycles. The second kappa shape index (κ2) is 4.59. The lowest BCUT2D eigenvalue weighted by molar-refractivity contribution is -0.683. The van der Waals surface area contributed by atoms with Crippen LogP contribution in [0.1, 0.15) is 16.1 Å². The highest BCUT2D eigenvalue weighted by atomic mass is 32.1. The summed E-state index contributed by atoms with van der Waals surface area (Å²) in [6.07, 6.45) is 1.92. The normalized spacial score (nSPS) is 10.6. The van der Waals surface area contributed by atoms with E-state index < -0.39 is 0 Å². The third-order valence-corrected chi connectivity index (χ3v) is 3.22. The third-order valence-electron chi connectivity index (χ3n) is 2.31. The third kappa shape index (κ3) is 2.37. The van der Waals surface area contributed by atoms with Gasteiger partial charge in [0.15, 0.2) is 12.7 Å². The molecule has 0 saturated carbocycles. The first kappa shape index (κ1) is 11.0. The molecule has 0 atom stereocenters. The topological polar surface area (TPSA) is 63.0 Å².